The van der Waals surface area contributed by atoms with Crippen molar-refractivity contribution in [1.29, 1.82) is 0 Å². The third-order valence-corrected chi connectivity index (χ3v) is 4.06. The minimum absolute atomic E-state index is 0.118. The summed E-state index contributed by atoms with van der Waals surface area (Å²) in [6, 6.07) is 8.76. The monoisotopic (exact) mass is 319 g/mol. The van der Waals surface area contributed by atoms with Crippen LogP contribution in [-0.2, 0) is 22.7 Å². The molecule has 1 aromatic heterocycles. The summed E-state index contributed by atoms with van der Waals surface area (Å²) in [5.41, 5.74) is -0.0841. The lowest BCUT2D eigenvalue weighted by Crippen LogP contribution is -2.07. The average Bonchev–Trinajstić information content (AvgIpc) is 2.40. The van der Waals surface area contributed by atoms with Crippen molar-refractivity contribution < 1.29 is 17.4 Å². The van der Waals surface area contributed by atoms with E-state index >= 15 is 0 Å². The Hall–Kier alpha value is -1.40. The molecule has 20 heavy (non-hydrogen) atoms. The molecule has 0 spiro atoms. The first kappa shape index (κ1) is 15.0. The lowest BCUT2D eigenvalue weighted by Gasteiger charge is -2.07. The highest BCUT2D eigenvalue weighted by Crippen LogP contribution is 2.28. The van der Waals surface area contributed by atoms with E-state index < -0.39 is 22.5 Å². The molecule has 0 amide bonds. The number of benzene rings is 1. The zero-order chi connectivity index (χ0) is 14.8. The molecule has 2 rings (SSSR count). The normalized spacial score (nSPS) is 13.2. The van der Waals surface area contributed by atoms with Gasteiger partial charge in [0.25, 0.3) is 0 Å². The van der Waals surface area contributed by atoms with E-state index in [1.54, 1.807) is 24.3 Å². The number of aromatic nitrogens is 1. The smallest absolute Gasteiger partial charge is 0.252 e. The van der Waals surface area contributed by atoms with Crippen LogP contribution in [0.2, 0.25) is 5.02 Å². The molecule has 2 nitrogen and oxygen atoms in total. The Morgan fingerprint density at radius 2 is 1.75 bits per heavy atom. The number of halogens is 4. The Balaban J connectivity index is 2.11. The van der Waals surface area contributed by atoms with Gasteiger partial charge in [-0.05, 0) is 29.8 Å². The third kappa shape index (κ3) is 3.80. The van der Waals surface area contributed by atoms with E-state index in [1.807, 2.05) is 0 Å². The van der Waals surface area contributed by atoms with Gasteiger partial charge in [0.15, 0.2) is 0 Å². The molecule has 1 atom stereocenters. The lowest BCUT2D eigenvalue weighted by atomic mass is 10.2. The number of pyridine rings is 1. The van der Waals surface area contributed by atoms with Crippen LogP contribution in [0.25, 0.3) is 0 Å². The fourth-order valence-corrected chi connectivity index (χ4v) is 2.65. The zero-order valence-corrected chi connectivity index (χ0v) is 11.6. The number of hydrogen-bond acceptors (Lipinski definition) is 2. The van der Waals surface area contributed by atoms with E-state index in [-0.39, 0.29) is 10.8 Å². The molecule has 1 heterocycles. The van der Waals surface area contributed by atoms with Crippen LogP contribution < -0.4 is 0 Å². The molecule has 0 saturated heterocycles. The van der Waals surface area contributed by atoms with Crippen LogP contribution in [0.3, 0.4) is 0 Å². The van der Waals surface area contributed by atoms with Gasteiger partial charge in [-0.1, -0.05) is 23.7 Å². The number of hydrogen-bond donors (Lipinski definition) is 0. The maximum Gasteiger partial charge on any atom is 0.417 e. The van der Waals surface area contributed by atoms with Crippen molar-refractivity contribution in [3.63, 3.8) is 0 Å². The van der Waals surface area contributed by atoms with Crippen LogP contribution in [0.15, 0.2) is 47.6 Å². The van der Waals surface area contributed by atoms with E-state index in [4.69, 9.17) is 11.6 Å². The molecule has 0 saturated carbocycles. The first-order valence-electron chi connectivity index (χ1n) is 5.52. The highest BCUT2D eigenvalue weighted by atomic mass is 35.5. The Kier molecular flexibility index (Phi) is 4.45. The minimum atomic E-state index is -4.44. The van der Waals surface area contributed by atoms with E-state index in [0.717, 1.165) is 17.7 Å². The second kappa shape index (κ2) is 5.93. The predicted octanol–water partition coefficient (Wildman–Crippen LogP) is 4.06. The van der Waals surface area contributed by atoms with Gasteiger partial charge in [-0.2, -0.15) is 13.2 Å². The molecule has 0 aliphatic rings. The second-order valence-corrected chi connectivity index (χ2v) is 5.83. The van der Waals surface area contributed by atoms with Crippen LogP contribution >= 0.6 is 11.6 Å². The van der Waals surface area contributed by atoms with Gasteiger partial charge in [-0.3, -0.25) is 4.21 Å². The highest BCUT2D eigenvalue weighted by molar-refractivity contribution is 7.84. The van der Waals surface area contributed by atoms with E-state index in [0.29, 0.717) is 11.2 Å². The maximum absolute atomic E-state index is 12.4. The SMILES string of the molecule is O=[S@@](Cc1ccc(Cl)cc1)c1ccc(C(F)(F)F)cn1. The van der Waals surface area contributed by atoms with Crippen LogP contribution in [0.4, 0.5) is 13.2 Å². The van der Waals surface area contributed by atoms with Gasteiger partial charge in [0.2, 0.25) is 0 Å². The average molecular weight is 320 g/mol. The van der Waals surface area contributed by atoms with Gasteiger partial charge in [0.1, 0.15) is 5.03 Å². The fourth-order valence-electron chi connectivity index (χ4n) is 1.49. The van der Waals surface area contributed by atoms with Gasteiger partial charge in [0.05, 0.1) is 22.1 Å². The summed E-state index contributed by atoms with van der Waals surface area (Å²) in [5.74, 6) is 0.176. The van der Waals surface area contributed by atoms with Crippen molar-refractivity contribution in [3.05, 3.63) is 58.7 Å². The van der Waals surface area contributed by atoms with Gasteiger partial charge >= 0.3 is 6.18 Å². The molecule has 106 valence electrons. The van der Waals surface area contributed by atoms with E-state index in [2.05, 4.69) is 4.98 Å². The van der Waals surface area contributed by atoms with Crippen molar-refractivity contribution in [2.24, 2.45) is 0 Å². The number of alkyl halides is 3. The van der Waals surface area contributed by atoms with Crippen molar-refractivity contribution in [2.75, 3.05) is 0 Å². The largest absolute Gasteiger partial charge is 0.417 e. The van der Waals surface area contributed by atoms with Gasteiger partial charge in [0, 0.05) is 11.2 Å². The predicted molar refractivity (Wildman–Crippen MR) is 70.8 cm³/mol. The molecule has 0 unspecified atom stereocenters. The standard InChI is InChI=1S/C13H9ClF3NOS/c14-11-4-1-9(2-5-11)8-20(19)12-6-3-10(7-18-12)13(15,16)17/h1-7H,8H2/t20-/m0/s1. The Labute approximate surface area is 121 Å². The molecule has 2 aromatic rings. The molecular formula is C13H9ClF3NOS. The Morgan fingerprint density at radius 3 is 2.25 bits per heavy atom. The first-order valence-corrected chi connectivity index (χ1v) is 7.22. The minimum Gasteiger partial charge on any atom is -0.252 e. The lowest BCUT2D eigenvalue weighted by molar-refractivity contribution is -0.137. The fraction of sp³-hybridized carbons (Fsp3) is 0.154. The summed E-state index contributed by atoms with van der Waals surface area (Å²) in [6.45, 7) is 0. The molecular weight excluding hydrogens is 311 g/mol. The molecule has 0 aliphatic heterocycles. The van der Waals surface area contributed by atoms with Crippen LogP contribution in [-0.4, -0.2) is 9.19 Å². The van der Waals surface area contributed by atoms with Crippen molar-refractivity contribution in [1.82, 2.24) is 4.98 Å². The summed E-state index contributed by atoms with van der Waals surface area (Å²) in [6.07, 6.45) is -3.75. The molecule has 0 bridgehead atoms. The molecule has 1 aromatic carbocycles. The van der Waals surface area contributed by atoms with Gasteiger partial charge < -0.3 is 0 Å². The highest BCUT2D eigenvalue weighted by Gasteiger charge is 2.30. The van der Waals surface area contributed by atoms with Gasteiger partial charge in [-0.15, -0.1) is 0 Å². The van der Waals surface area contributed by atoms with Crippen molar-refractivity contribution in [2.45, 2.75) is 17.0 Å². The summed E-state index contributed by atoms with van der Waals surface area (Å²) < 4.78 is 49.1. The van der Waals surface area contributed by atoms with E-state index in [9.17, 15) is 17.4 Å². The van der Waals surface area contributed by atoms with Crippen LogP contribution in [0.1, 0.15) is 11.1 Å². The Bertz CT molecular complexity index is 611. The van der Waals surface area contributed by atoms with Crippen molar-refractivity contribution >= 4 is 22.4 Å². The van der Waals surface area contributed by atoms with E-state index in [1.165, 1.54) is 0 Å². The molecule has 0 radical (unpaired) electrons. The molecule has 0 N–H and O–H groups in total. The van der Waals surface area contributed by atoms with Crippen LogP contribution in [0.5, 0.6) is 0 Å². The molecule has 0 fully saturated rings. The zero-order valence-electron chi connectivity index (χ0n) is 10.0. The number of rotatable bonds is 3. The molecule has 0 aliphatic carbocycles. The summed E-state index contributed by atoms with van der Waals surface area (Å²) in [4.78, 5) is 3.61. The third-order valence-electron chi connectivity index (χ3n) is 2.51. The van der Waals surface area contributed by atoms with Crippen LogP contribution in [0, 0.1) is 0 Å². The maximum atomic E-state index is 12.4. The second-order valence-electron chi connectivity index (χ2n) is 4.00. The topological polar surface area (TPSA) is 30.0 Å². The number of nitrogens with zero attached hydrogens (tertiary/aromatic N) is 1. The quantitative estimate of drug-likeness (QED) is 0.854. The summed E-state index contributed by atoms with van der Waals surface area (Å²) >= 11 is 5.73. The first-order chi connectivity index (χ1) is 9.36. The van der Waals surface area contributed by atoms with Gasteiger partial charge in [-0.25, -0.2) is 4.98 Å². The summed E-state index contributed by atoms with van der Waals surface area (Å²) in [7, 11) is -1.50. The Morgan fingerprint density at radius 1 is 1.10 bits per heavy atom. The molecule has 7 heteroatoms. The van der Waals surface area contributed by atoms with Crippen molar-refractivity contribution in [3.8, 4) is 0 Å². The summed E-state index contributed by atoms with van der Waals surface area (Å²) in [5, 5.41) is 0.681.